The van der Waals surface area contributed by atoms with Gasteiger partial charge >= 0.3 is 6.18 Å². The Morgan fingerprint density at radius 3 is 2.51 bits per heavy atom. The van der Waals surface area contributed by atoms with Gasteiger partial charge in [-0.1, -0.05) is 5.92 Å². The summed E-state index contributed by atoms with van der Waals surface area (Å²) < 4.78 is 62.0. The first kappa shape index (κ1) is 31.9. The molecule has 1 aromatic carbocycles. The van der Waals surface area contributed by atoms with E-state index in [4.69, 9.17) is 4.74 Å². The lowest BCUT2D eigenvalue weighted by molar-refractivity contribution is -0.140. The van der Waals surface area contributed by atoms with Gasteiger partial charge in [0.25, 0.3) is 0 Å². The minimum absolute atomic E-state index is 0.00802. The zero-order chi connectivity index (χ0) is 31.4. The van der Waals surface area contributed by atoms with Gasteiger partial charge in [0.1, 0.15) is 18.1 Å². The van der Waals surface area contributed by atoms with Crippen molar-refractivity contribution >= 4 is 22.3 Å². The number of nitrogens with one attached hydrogen (secondary N) is 2. The third-order valence-electron chi connectivity index (χ3n) is 7.38. The normalized spacial score (nSPS) is 15.4. The van der Waals surface area contributed by atoms with Gasteiger partial charge in [0.15, 0.2) is 0 Å². The van der Waals surface area contributed by atoms with Crippen molar-refractivity contribution in [3.8, 4) is 23.7 Å². The number of ether oxygens (including phenoxy) is 1. The summed E-state index contributed by atoms with van der Waals surface area (Å²) in [6.07, 6.45) is -1.96. The van der Waals surface area contributed by atoms with E-state index in [1.165, 1.54) is 19.4 Å². The van der Waals surface area contributed by atoms with Crippen LogP contribution in [-0.4, -0.2) is 71.2 Å². The van der Waals surface area contributed by atoms with E-state index in [1.807, 2.05) is 0 Å². The predicted octanol–water partition coefficient (Wildman–Crippen LogP) is 5.27. The van der Waals surface area contributed by atoms with Crippen LogP contribution in [0.3, 0.4) is 0 Å². The standard InChI is InChI=1S/C31H36F4N6O2/c1-20(42)17-40-10-7-22(8-11-40)39-25-12-21(32)13-27-24(25)14-23(41(27)19-31(33,34)35)6-5-9-37-26-16-38-29(15-28(26)43-4)30(2,3)18-36/h12-16,20,22,37,39,42H,7-11,17,19H2,1-4H3. The van der Waals surface area contributed by atoms with Gasteiger partial charge < -0.3 is 29.9 Å². The summed E-state index contributed by atoms with van der Waals surface area (Å²) in [4.78, 5) is 6.49. The number of nitriles is 1. The minimum atomic E-state index is -4.55. The van der Waals surface area contributed by atoms with Gasteiger partial charge in [-0.3, -0.25) is 4.98 Å². The number of anilines is 2. The lowest BCUT2D eigenvalue weighted by atomic mass is 9.90. The number of aliphatic hydroxyl groups excluding tert-OH is 1. The van der Waals surface area contributed by atoms with Crippen LogP contribution in [0, 0.1) is 29.0 Å². The summed E-state index contributed by atoms with van der Waals surface area (Å²) in [5.41, 5.74) is 0.846. The highest BCUT2D eigenvalue weighted by molar-refractivity contribution is 5.94. The van der Waals surface area contributed by atoms with Crippen molar-refractivity contribution < 1.29 is 27.4 Å². The maximum atomic E-state index is 14.7. The Balaban J connectivity index is 1.58. The van der Waals surface area contributed by atoms with Crippen molar-refractivity contribution in [3.05, 3.63) is 47.7 Å². The molecule has 12 heteroatoms. The molecule has 1 fully saturated rings. The SMILES string of the molecule is COc1cc(C(C)(C)C#N)ncc1NCC#Cc1cc2c(NC3CCN(CC(C)O)CC3)cc(F)cc2n1CC(F)(F)F. The molecular weight excluding hydrogens is 564 g/mol. The van der Waals surface area contributed by atoms with Gasteiger partial charge in [-0.2, -0.15) is 18.4 Å². The smallest absolute Gasteiger partial charge is 0.406 e. The summed E-state index contributed by atoms with van der Waals surface area (Å²) in [7, 11) is 1.48. The number of alkyl halides is 3. The van der Waals surface area contributed by atoms with Crippen molar-refractivity contribution in [1.82, 2.24) is 14.5 Å². The molecular formula is C31H36F4N6O2. The number of pyridine rings is 1. The van der Waals surface area contributed by atoms with Crippen LogP contribution in [0.5, 0.6) is 5.75 Å². The van der Waals surface area contributed by atoms with Crippen molar-refractivity contribution in [2.75, 3.05) is 43.9 Å². The lowest BCUT2D eigenvalue weighted by Gasteiger charge is -2.33. The molecule has 0 saturated carbocycles. The number of aliphatic hydroxyl groups is 1. The van der Waals surface area contributed by atoms with Crippen LogP contribution >= 0.6 is 0 Å². The summed E-state index contributed by atoms with van der Waals surface area (Å²) >= 11 is 0. The average molecular weight is 601 g/mol. The number of likely N-dealkylation sites (tertiary alicyclic amines) is 1. The number of methoxy groups -OCH3 is 1. The number of β-amino-alcohol motifs (C(OH)–C–C–N with tert-alkyl or cyclic N) is 1. The van der Waals surface area contributed by atoms with Gasteiger partial charge in [0, 0.05) is 42.8 Å². The highest BCUT2D eigenvalue weighted by atomic mass is 19.4. The third kappa shape index (κ3) is 8.09. The molecule has 1 aliphatic heterocycles. The molecule has 2 aromatic heterocycles. The average Bonchev–Trinajstić information content (AvgIpc) is 3.27. The van der Waals surface area contributed by atoms with Crippen LogP contribution in [0.4, 0.5) is 28.9 Å². The molecule has 1 aliphatic rings. The van der Waals surface area contributed by atoms with Crippen molar-refractivity contribution in [1.29, 1.82) is 5.26 Å². The van der Waals surface area contributed by atoms with Crippen LogP contribution in [0.1, 0.15) is 45.0 Å². The van der Waals surface area contributed by atoms with E-state index in [9.17, 15) is 27.9 Å². The van der Waals surface area contributed by atoms with Gasteiger partial charge in [-0.05, 0) is 57.7 Å². The second kappa shape index (κ2) is 13.1. The maximum absolute atomic E-state index is 14.7. The molecule has 43 heavy (non-hydrogen) atoms. The number of nitrogens with zero attached hydrogens (tertiary/aromatic N) is 4. The maximum Gasteiger partial charge on any atom is 0.406 e. The molecule has 0 bridgehead atoms. The lowest BCUT2D eigenvalue weighted by Crippen LogP contribution is -2.41. The fraction of sp³-hybridized carbons (Fsp3) is 0.484. The first-order valence-electron chi connectivity index (χ1n) is 14.0. The van der Waals surface area contributed by atoms with Gasteiger partial charge in [0.05, 0.1) is 60.0 Å². The number of hydrogen-bond acceptors (Lipinski definition) is 7. The summed E-state index contributed by atoms with van der Waals surface area (Å²) in [5.74, 6) is 5.47. The van der Waals surface area contributed by atoms with E-state index in [2.05, 4.69) is 38.4 Å². The predicted molar refractivity (Wildman–Crippen MR) is 158 cm³/mol. The van der Waals surface area contributed by atoms with Crippen LogP contribution in [-0.2, 0) is 12.0 Å². The van der Waals surface area contributed by atoms with Crippen molar-refractivity contribution in [3.63, 3.8) is 0 Å². The molecule has 3 heterocycles. The number of benzene rings is 1. The molecule has 3 aromatic rings. The second-order valence-electron chi connectivity index (χ2n) is 11.3. The fourth-order valence-corrected chi connectivity index (χ4v) is 5.16. The highest BCUT2D eigenvalue weighted by Gasteiger charge is 2.30. The Morgan fingerprint density at radius 2 is 1.88 bits per heavy atom. The Kier molecular flexibility index (Phi) is 9.73. The number of halogens is 4. The quantitative estimate of drug-likeness (QED) is 0.228. The molecule has 1 saturated heterocycles. The second-order valence-corrected chi connectivity index (χ2v) is 11.3. The molecule has 8 nitrogen and oxygen atoms in total. The van der Waals surface area contributed by atoms with E-state index < -0.39 is 30.1 Å². The molecule has 3 N–H and O–H groups in total. The minimum Gasteiger partial charge on any atom is -0.494 e. The Hall–Kier alpha value is -4.00. The first-order chi connectivity index (χ1) is 20.3. The Morgan fingerprint density at radius 1 is 1.16 bits per heavy atom. The fourth-order valence-electron chi connectivity index (χ4n) is 5.16. The zero-order valence-corrected chi connectivity index (χ0v) is 24.6. The molecule has 0 radical (unpaired) electrons. The van der Waals surface area contributed by atoms with Crippen molar-refractivity contribution in [2.24, 2.45) is 0 Å². The van der Waals surface area contributed by atoms with Gasteiger partial charge in [-0.15, -0.1) is 0 Å². The molecule has 1 unspecified atom stereocenters. The van der Waals surface area contributed by atoms with Gasteiger partial charge in [-0.25, -0.2) is 4.39 Å². The molecule has 1 atom stereocenters. The van der Waals surface area contributed by atoms with E-state index in [0.29, 0.717) is 34.7 Å². The number of rotatable bonds is 9. The van der Waals surface area contributed by atoms with Crippen LogP contribution in [0.15, 0.2) is 30.5 Å². The molecule has 0 spiro atoms. The monoisotopic (exact) mass is 600 g/mol. The highest BCUT2D eigenvalue weighted by Crippen LogP contribution is 2.33. The summed E-state index contributed by atoms with van der Waals surface area (Å²) in [6.45, 7) is 6.03. The van der Waals surface area contributed by atoms with Crippen LogP contribution in [0.25, 0.3) is 10.9 Å². The Labute approximate surface area is 248 Å². The van der Waals surface area contributed by atoms with E-state index in [1.54, 1.807) is 32.9 Å². The Bertz CT molecular complexity index is 1540. The number of aromatic nitrogens is 2. The third-order valence-corrected chi connectivity index (χ3v) is 7.38. The summed E-state index contributed by atoms with van der Waals surface area (Å²) in [6, 6.07) is 7.81. The first-order valence-corrected chi connectivity index (χ1v) is 14.0. The van der Waals surface area contributed by atoms with Crippen molar-refractivity contribution in [2.45, 2.75) is 63.9 Å². The van der Waals surface area contributed by atoms with Crippen LogP contribution in [0.2, 0.25) is 0 Å². The summed E-state index contributed by atoms with van der Waals surface area (Å²) in [5, 5.41) is 25.9. The largest absolute Gasteiger partial charge is 0.494 e. The van der Waals surface area contributed by atoms with E-state index in [-0.39, 0.29) is 23.8 Å². The topological polar surface area (TPSA) is 98.4 Å². The number of piperidine rings is 1. The van der Waals surface area contributed by atoms with Crippen LogP contribution < -0.4 is 15.4 Å². The number of hydrogen-bond donors (Lipinski definition) is 3. The van der Waals surface area contributed by atoms with E-state index >= 15 is 0 Å². The molecule has 230 valence electrons. The molecule has 0 amide bonds. The molecule has 4 rings (SSSR count). The van der Waals surface area contributed by atoms with Gasteiger partial charge in [0.2, 0.25) is 0 Å². The van der Waals surface area contributed by atoms with E-state index in [0.717, 1.165) is 36.6 Å². The zero-order valence-electron chi connectivity index (χ0n) is 24.6. The molecule has 0 aliphatic carbocycles. The number of fused-ring (bicyclic) bond motifs is 1.